The van der Waals surface area contributed by atoms with E-state index in [4.69, 9.17) is 4.74 Å². The Kier molecular flexibility index (Phi) is 7.36. The number of aromatic nitrogens is 1. The van der Waals surface area contributed by atoms with E-state index in [9.17, 15) is 13.8 Å². The van der Waals surface area contributed by atoms with Crippen LogP contribution in [-0.4, -0.2) is 64.0 Å². The SMILES string of the molecule is COc1ccc2c(c1)C1CC1(C(=O)N1CCC3(CCNC3)C1)Cn1c-2c(C2CCCCC2)c2ccc(C(=O)NS(=O)C(C)C)cc21. The minimum Gasteiger partial charge on any atom is -0.497 e. The van der Waals surface area contributed by atoms with Gasteiger partial charge >= 0.3 is 0 Å². The lowest BCUT2D eigenvalue weighted by Crippen LogP contribution is -2.40. The number of amides is 2. The monoisotopic (exact) mass is 642 g/mol. The largest absolute Gasteiger partial charge is 0.497 e. The van der Waals surface area contributed by atoms with Crippen LogP contribution >= 0.6 is 0 Å². The van der Waals surface area contributed by atoms with Crippen LogP contribution in [0.25, 0.3) is 22.2 Å². The predicted octanol–water partition coefficient (Wildman–Crippen LogP) is 5.87. The third-order valence-electron chi connectivity index (χ3n) is 11.9. The highest BCUT2D eigenvalue weighted by Crippen LogP contribution is 2.66. The van der Waals surface area contributed by atoms with Gasteiger partial charge < -0.3 is 19.5 Å². The molecular formula is C37H46N4O4S. The molecule has 2 aromatic carbocycles. The van der Waals surface area contributed by atoms with Crippen molar-refractivity contribution >= 4 is 33.7 Å². The first-order valence-electron chi connectivity index (χ1n) is 17.3. The number of carbonyl (C=O) groups is 2. The Labute approximate surface area is 274 Å². The lowest BCUT2D eigenvalue weighted by atomic mass is 9.81. The maximum atomic E-state index is 14.8. The third-order valence-corrected chi connectivity index (χ3v) is 13.1. The first-order chi connectivity index (χ1) is 22.2. The Morgan fingerprint density at radius 3 is 2.63 bits per heavy atom. The fraction of sp³-hybridized carbons (Fsp3) is 0.568. The van der Waals surface area contributed by atoms with E-state index >= 15 is 0 Å². The van der Waals surface area contributed by atoms with Crippen molar-refractivity contribution in [1.29, 1.82) is 0 Å². The number of methoxy groups -OCH3 is 1. The number of nitrogens with one attached hydrogen (secondary N) is 2. The normalized spacial score (nSPS) is 27.7. The molecule has 244 valence electrons. The summed E-state index contributed by atoms with van der Waals surface area (Å²) in [5.74, 6) is 1.32. The Morgan fingerprint density at radius 2 is 1.89 bits per heavy atom. The fourth-order valence-electron chi connectivity index (χ4n) is 9.26. The summed E-state index contributed by atoms with van der Waals surface area (Å²) in [5.41, 5.74) is 6.15. The van der Waals surface area contributed by atoms with Crippen molar-refractivity contribution in [2.75, 3.05) is 33.3 Å². The van der Waals surface area contributed by atoms with Crippen molar-refractivity contribution < 1.29 is 18.5 Å². The van der Waals surface area contributed by atoms with Crippen molar-refractivity contribution in [2.24, 2.45) is 10.8 Å². The number of benzene rings is 2. The van der Waals surface area contributed by atoms with Gasteiger partial charge in [-0.1, -0.05) is 25.3 Å². The molecule has 9 heteroatoms. The van der Waals surface area contributed by atoms with E-state index in [1.54, 1.807) is 7.11 Å². The van der Waals surface area contributed by atoms with Crippen molar-refractivity contribution in [2.45, 2.75) is 88.8 Å². The van der Waals surface area contributed by atoms with Crippen LogP contribution in [0, 0.1) is 10.8 Å². The van der Waals surface area contributed by atoms with Crippen molar-refractivity contribution in [3.8, 4) is 17.0 Å². The van der Waals surface area contributed by atoms with Gasteiger partial charge in [0.05, 0.1) is 18.2 Å². The molecule has 2 N–H and O–H groups in total. The minimum atomic E-state index is -1.46. The van der Waals surface area contributed by atoms with Gasteiger partial charge in [-0.3, -0.25) is 14.3 Å². The standard InChI is InChI=1S/C37H46N4O4S/c1-23(2)46(44)39-34(42)25-9-11-28-31(17-25)41-22-37(35(43)40-16-14-36(21-40)13-15-38-20-36)19-30(37)29-18-26(45-3)10-12-27(29)33(41)32(28)24-7-5-4-6-8-24/h9-12,17-18,23-24,30,38H,4-8,13-16,19-22H2,1-3H3,(H,39,42). The van der Waals surface area contributed by atoms with Crippen molar-refractivity contribution in [3.05, 3.63) is 53.1 Å². The van der Waals surface area contributed by atoms with Gasteiger partial charge in [0.2, 0.25) is 5.91 Å². The lowest BCUT2D eigenvalue weighted by molar-refractivity contribution is -0.137. The third kappa shape index (κ3) is 4.75. The second-order valence-corrected chi connectivity index (χ2v) is 16.7. The Bertz CT molecular complexity index is 1750. The molecule has 2 saturated carbocycles. The van der Waals surface area contributed by atoms with E-state index in [2.05, 4.69) is 43.8 Å². The minimum absolute atomic E-state index is 0.123. The van der Waals surface area contributed by atoms with Crippen molar-refractivity contribution in [3.63, 3.8) is 0 Å². The second kappa shape index (κ2) is 11.2. The summed E-state index contributed by atoms with van der Waals surface area (Å²) in [5, 5.41) is 4.54. The van der Waals surface area contributed by atoms with Crippen LogP contribution in [0.5, 0.6) is 5.75 Å². The zero-order chi connectivity index (χ0) is 31.8. The number of ether oxygens (including phenoxy) is 1. The first kappa shape index (κ1) is 30.2. The molecule has 3 aliphatic heterocycles. The molecule has 2 amide bonds. The topological polar surface area (TPSA) is 92.7 Å². The number of hydrogen-bond acceptors (Lipinski definition) is 5. The highest BCUT2D eigenvalue weighted by Gasteiger charge is 2.64. The summed E-state index contributed by atoms with van der Waals surface area (Å²) in [6.45, 7) is 7.96. The van der Waals surface area contributed by atoms with Gasteiger partial charge in [-0.2, -0.15) is 0 Å². The van der Waals surface area contributed by atoms with E-state index in [0.29, 0.717) is 18.0 Å². The van der Waals surface area contributed by atoms with Gasteiger partial charge in [0.25, 0.3) is 5.91 Å². The molecule has 4 unspecified atom stereocenters. The summed E-state index contributed by atoms with van der Waals surface area (Å²) in [6.07, 6.45) is 9.00. The average Bonchev–Trinajstić information content (AvgIpc) is 3.31. The Balaban J connectivity index is 1.29. The van der Waals surface area contributed by atoms with Crippen LogP contribution in [0.15, 0.2) is 36.4 Å². The number of carbonyl (C=O) groups excluding carboxylic acids is 2. The van der Waals surface area contributed by atoms with Crippen molar-refractivity contribution in [1.82, 2.24) is 19.5 Å². The van der Waals surface area contributed by atoms with Gasteiger partial charge in [-0.25, -0.2) is 4.21 Å². The van der Waals surface area contributed by atoms with Gasteiger partial charge in [0.15, 0.2) is 0 Å². The zero-order valence-electron chi connectivity index (χ0n) is 27.3. The van der Waals surface area contributed by atoms with Crippen LogP contribution < -0.4 is 14.8 Å². The zero-order valence-corrected chi connectivity index (χ0v) is 28.1. The molecule has 0 bridgehead atoms. The summed E-state index contributed by atoms with van der Waals surface area (Å²) in [4.78, 5) is 30.3. The number of hydrogen-bond donors (Lipinski definition) is 2. The smallest absolute Gasteiger partial charge is 0.263 e. The fourth-order valence-corrected chi connectivity index (χ4v) is 9.79. The predicted molar refractivity (Wildman–Crippen MR) is 181 cm³/mol. The van der Waals surface area contributed by atoms with Crippen LogP contribution in [0.1, 0.15) is 98.5 Å². The first-order valence-corrected chi connectivity index (χ1v) is 18.5. The van der Waals surface area contributed by atoms with Gasteiger partial charge in [0.1, 0.15) is 16.7 Å². The van der Waals surface area contributed by atoms with Crippen LogP contribution in [0.2, 0.25) is 0 Å². The lowest BCUT2D eigenvalue weighted by Gasteiger charge is -2.27. The molecule has 3 aromatic rings. The van der Waals surface area contributed by atoms with E-state index in [1.165, 1.54) is 47.0 Å². The van der Waals surface area contributed by atoms with Crippen LogP contribution in [0.4, 0.5) is 0 Å². The summed E-state index contributed by atoms with van der Waals surface area (Å²) in [7, 11) is 0.252. The summed E-state index contributed by atoms with van der Waals surface area (Å²) in [6, 6.07) is 12.4. The number of likely N-dealkylation sites (tertiary alicyclic amines) is 1. The molecule has 1 spiro atoms. The highest BCUT2D eigenvalue weighted by molar-refractivity contribution is 7.84. The molecule has 46 heavy (non-hydrogen) atoms. The summed E-state index contributed by atoms with van der Waals surface area (Å²) < 4.78 is 23.4. The molecule has 0 radical (unpaired) electrons. The quantitative estimate of drug-likeness (QED) is 0.351. The molecule has 2 aliphatic carbocycles. The molecule has 4 atom stereocenters. The number of nitrogens with zero attached hydrogens (tertiary/aromatic N) is 2. The van der Waals surface area contributed by atoms with E-state index in [0.717, 1.165) is 69.5 Å². The van der Waals surface area contributed by atoms with E-state index < -0.39 is 16.4 Å². The Hall–Kier alpha value is -3.17. The van der Waals surface area contributed by atoms with Gasteiger partial charge in [-0.15, -0.1) is 0 Å². The summed E-state index contributed by atoms with van der Waals surface area (Å²) >= 11 is 0. The molecular weight excluding hydrogens is 596 g/mol. The molecule has 8 nitrogen and oxygen atoms in total. The van der Waals surface area contributed by atoms with Gasteiger partial charge in [0, 0.05) is 64.8 Å². The molecule has 4 fully saturated rings. The maximum absolute atomic E-state index is 14.8. The number of rotatable bonds is 6. The molecule has 4 heterocycles. The molecule has 1 aromatic heterocycles. The van der Waals surface area contributed by atoms with Crippen LogP contribution in [-0.2, 0) is 22.3 Å². The average molecular weight is 643 g/mol. The van der Waals surface area contributed by atoms with Gasteiger partial charge in [-0.05, 0) is 99.9 Å². The number of fused-ring (bicyclic) bond motifs is 7. The van der Waals surface area contributed by atoms with E-state index in [-0.39, 0.29) is 28.4 Å². The maximum Gasteiger partial charge on any atom is 0.263 e. The van der Waals surface area contributed by atoms with Crippen LogP contribution in [0.3, 0.4) is 0 Å². The second-order valence-electron chi connectivity index (χ2n) is 15.0. The Morgan fingerprint density at radius 1 is 1.07 bits per heavy atom. The highest BCUT2D eigenvalue weighted by atomic mass is 32.2. The van der Waals surface area contributed by atoms with E-state index in [1.807, 2.05) is 26.0 Å². The molecule has 8 rings (SSSR count). The molecule has 2 saturated heterocycles. The molecule has 5 aliphatic rings.